The molecule has 1 saturated heterocycles. The van der Waals surface area contributed by atoms with Gasteiger partial charge in [-0.2, -0.15) is 5.26 Å². The minimum absolute atomic E-state index is 0.0752. The molecule has 1 aliphatic heterocycles. The second-order valence-corrected chi connectivity index (χ2v) is 9.01. The third kappa shape index (κ3) is 4.41. The van der Waals surface area contributed by atoms with E-state index in [1.165, 1.54) is 0 Å². The molecule has 2 aromatic carbocycles. The number of methoxy groups -OCH3 is 2. The highest BCUT2D eigenvalue weighted by Gasteiger charge is 2.56. The highest BCUT2D eigenvalue weighted by atomic mass is 16.5. The maximum atomic E-state index is 13.5. The Morgan fingerprint density at radius 2 is 1.85 bits per heavy atom. The number of aliphatic hydroxyl groups is 1. The van der Waals surface area contributed by atoms with Crippen LogP contribution in [0.3, 0.4) is 0 Å². The maximum Gasteiger partial charge on any atom is 0.184 e. The predicted molar refractivity (Wildman–Crippen MR) is 124 cm³/mol. The number of Topliss-reactive ketones (excluding diaryl/α,β-unsaturated/α-hetero) is 1. The summed E-state index contributed by atoms with van der Waals surface area (Å²) < 4.78 is 11.0. The Balaban J connectivity index is 1.64. The van der Waals surface area contributed by atoms with Crippen LogP contribution in [0.1, 0.15) is 29.9 Å². The zero-order chi connectivity index (χ0) is 23.4. The summed E-state index contributed by atoms with van der Waals surface area (Å²) in [5.74, 6) is 1.24. The van der Waals surface area contributed by atoms with Gasteiger partial charge in [-0.25, -0.2) is 0 Å². The molecular weight excluding hydrogens is 418 g/mol. The van der Waals surface area contributed by atoms with Crippen LogP contribution >= 0.6 is 0 Å². The van der Waals surface area contributed by atoms with Crippen molar-refractivity contribution in [1.29, 1.82) is 5.26 Å². The molecular formula is C26H31N3O4. The summed E-state index contributed by atoms with van der Waals surface area (Å²) in [7, 11) is 3.24. The van der Waals surface area contributed by atoms with Crippen molar-refractivity contribution in [2.24, 2.45) is 17.8 Å². The molecule has 1 heterocycles. The van der Waals surface area contributed by atoms with Gasteiger partial charge in [-0.1, -0.05) is 36.4 Å². The van der Waals surface area contributed by atoms with Crippen LogP contribution in [0.5, 0.6) is 11.5 Å². The lowest BCUT2D eigenvalue weighted by Crippen LogP contribution is -2.54. The monoisotopic (exact) mass is 449 g/mol. The summed E-state index contributed by atoms with van der Waals surface area (Å²) in [6.07, 6.45) is 3.60. The van der Waals surface area contributed by atoms with Crippen LogP contribution < -0.4 is 20.1 Å². The van der Waals surface area contributed by atoms with Crippen molar-refractivity contribution in [2.45, 2.75) is 30.9 Å². The molecule has 2 fully saturated rings. The molecule has 0 amide bonds. The van der Waals surface area contributed by atoms with Gasteiger partial charge in [0, 0.05) is 31.0 Å². The van der Waals surface area contributed by atoms with E-state index < -0.39 is 5.72 Å². The van der Waals surface area contributed by atoms with E-state index in [1.807, 2.05) is 48.7 Å². The maximum absolute atomic E-state index is 13.5. The summed E-state index contributed by atoms with van der Waals surface area (Å²) in [5.41, 5.74) is 0.209. The van der Waals surface area contributed by atoms with E-state index in [9.17, 15) is 9.90 Å². The molecule has 0 radical (unpaired) electrons. The molecule has 174 valence electrons. The quantitative estimate of drug-likeness (QED) is 0.420. The fraction of sp³-hybridized carbons (Fsp3) is 0.462. The molecule has 3 N–H and O–H groups in total. The van der Waals surface area contributed by atoms with Gasteiger partial charge in [0.2, 0.25) is 0 Å². The minimum Gasteiger partial charge on any atom is -0.496 e. The first-order valence-electron chi connectivity index (χ1n) is 11.4. The number of ether oxygens (including phenoxy) is 2. The minimum atomic E-state index is -1.63. The van der Waals surface area contributed by atoms with Crippen molar-refractivity contribution in [2.75, 3.05) is 27.3 Å². The lowest BCUT2D eigenvalue weighted by molar-refractivity contribution is -0.146. The van der Waals surface area contributed by atoms with Gasteiger partial charge in [0.1, 0.15) is 11.5 Å². The van der Waals surface area contributed by atoms with Crippen LogP contribution in [0, 0.1) is 29.2 Å². The zero-order valence-electron chi connectivity index (χ0n) is 19.1. The Labute approximate surface area is 194 Å². The summed E-state index contributed by atoms with van der Waals surface area (Å²) in [4.78, 5) is 13.5. The number of para-hydroxylation sites is 2. The second kappa shape index (κ2) is 9.82. The molecule has 1 aliphatic carbocycles. The van der Waals surface area contributed by atoms with Gasteiger partial charge in [-0.15, -0.1) is 0 Å². The fourth-order valence-corrected chi connectivity index (χ4v) is 5.76. The number of hydrogen-bond acceptors (Lipinski definition) is 7. The first-order valence-corrected chi connectivity index (χ1v) is 11.4. The lowest BCUT2D eigenvalue weighted by Gasteiger charge is -2.42. The number of nitrogens with one attached hydrogen (secondary N) is 2. The number of fused-ring (bicyclic) bond motifs is 1. The molecule has 4 rings (SSSR count). The zero-order valence-corrected chi connectivity index (χ0v) is 19.1. The van der Waals surface area contributed by atoms with Crippen molar-refractivity contribution >= 4 is 5.78 Å². The van der Waals surface area contributed by atoms with E-state index in [-0.39, 0.29) is 35.9 Å². The smallest absolute Gasteiger partial charge is 0.184 e. The SMILES string of the molecule is COc1ccccc1CC(=O)C1(O)NCC2C(c3ccccc3OC)CC(CNC#N)CC21. The molecule has 2 aromatic rings. The fourth-order valence-electron chi connectivity index (χ4n) is 5.76. The van der Waals surface area contributed by atoms with E-state index in [2.05, 4.69) is 16.7 Å². The molecule has 7 heteroatoms. The average molecular weight is 450 g/mol. The van der Waals surface area contributed by atoms with E-state index >= 15 is 0 Å². The summed E-state index contributed by atoms with van der Waals surface area (Å²) >= 11 is 0. The largest absolute Gasteiger partial charge is 0.496 e. The Morgan fingerprint density at radius 3 is 2.58 bits per heavy atom. The van der Waals surface area contributed by atoms with Crippen LogP contribution in [0.15, 0.2) is 48.5 Å². The van der Waals surface area contributed by atoms with Gasteiger partial charge in [0.15, 0.2) is 17.7 Å². The van der Waals surface area contributed by atoms with Crippen molar-refractivity contribution in [3.05, 3.63) is 59.7 Å². The number of hydrogen-bond donors (Lipinski definition) is 3. The molecule has 1 saturated carbocycles. The summed E-state index contributed by atoms with van der Waals surface area (Å²) in [6, 6.07) is 15.3. The first kappa shape index (κ1) is 23.1. The van der Waals surface area contributed by atoms with E-state index in [0.717, 1.165) is 23.3 Å². The van der Waals surface area contributed by atoms with Crippen LogP contribution in [-0.4, -0.2) is 43.9 Å². The molecule has 7 nitrogen and oxygen atoms in total. The van der Waals surface area contributed by atoms with Crippen molar-refractivity contribution < 1.29 is 19.4 Å². The Kier molecular flexibility index (Phi) is 6.87. The predicted octanol–water partition coefficient (Wildman–Crippen LogP) is 2.60. The third-order valence-electron chi connectivity index (χ3n) is 7.33. The van der Waals surface area contributed by atoms with Gasteiger partial charge in [0.25, 0.3) is 0 Å². The molecule has 2 aliphatic rings. The second-order valence-electron chi connectivity index (χ2n) is 9.01. The van der Waals surface area contributed by atoms with Crippen molar-refractivity contribution in [3.63, 3.8) is 0 Å². The lowest BCUT2D eigenvalue weighted by atomic mass is 9.63. The third-order valence-corrected chi connectivity index (χ3v) is 7.33. The molecule has 5 unspecified atom stereocenters. The van der Waals surface area contributed by atoms with Crippen LogP contribution in [-0.2, 0) is 11.2 Å². The van der Waals surface area contributed by atoms with Gasteiger partial charge in [-0.3, -0.25) is 10.1 Å². The topological polar surface area (TPSA) is 104 Å². The Hall–Kier alpha value is -3.08. The molecule has 0 bridgehead atoms. The van der Waals surface area contributed by atoms with Crippen LogP contribution in [0.4, 0.5) is 0 Å². The number of benzene rings is 2. The van der Waals surface area contributed by atoms with Gasteiger partial charge >= 0.3 is 0 Å². The molecule has 5 atom stereocenters. The Morgan fingerprint density at radius 1 is 1.15 bits per heavy atom. The molecule has 0 aromatic heterocycles. The van der Waals surface area contributed by atoms with Gasteiger partial charge in [0.05, 0.1) is 14.2 Å². The number of ketones is 1. The highest BCUT2D eigenvalue weighted by molar-refractivity contribution is 5.89. The van der Waals surface area contributed by atoms with E-state index in [0.29, 0.717) is 25.3 Å². The van der Waals surface area contributed by atoms with Crippen LogP contribution in [0.25, 0.3) is 0 Å². The summed E-state index contributed by atoms with van der Waals surface area (Å²) in [6.45, 7) is 1.06. The number of carbonyl (C=O) groups is 1. The number of nitrogens with zero attached hydrogens (tertiary/aromatic N) is 1. The van der Waals surface area contributed by atoms with E-state index in [4.69, 9.17) is 14.7 Å². The number of rotatable bonds is 8. The average Bonchev–Trinajstić information content (AvgIpc) is 3.20. The number of carbonyl (C=O) groups excluding carboxylic acids is 1. The van der Waals surface area contributed by atoms with E-state index in [1.54, 1.807) is 14.2 Å². The first-order chi connectivity index (χ1) is 16.0. The molecule has 0 spiro atoms. The van der Waals surface area contributed by atoms with Crippen molar-refractivity contribution in [1.82, 2.24) is 10.6 Å². The van der Waals surface area contributed by atoms with Gasteiger partial charge in [-0.05, 0) is 48.3 Å². The summed E-state index contributed by atoms with van der Waals surface area (Å²) in [5, 5.41) is 26.7. The standard InChI is InChI=1S/C26H31N3O4/c1-32-23-9-5-3-7-18(23)13-25(30)26(31)22-12-17(14-28-16-27)11-20(21(22)15-29-26)19-8-4-6-10-24(19)33-2/h3-10,17,20-22,28-29,31H,11-15H2,1-2H3. The number of nitriles is 1. The van der Waals surface area contributed by atoms with Crippen LogP contribution in [0.2, 0.25) is 0 Å². The molecule has 33 heavy (non-hydrogen) atoms. The Bertz CT molecular complexity index is 1040. The van der Waals surface area contributed by atoms with Gasteiger partial charge < -0.3 is 19.9 Å². The normalized spacial score (nSPS) is 28.4. The highest BCUT2D eigenvalue weighted by Crippen LogP contribution is 2.51. The van der Waals surface area contributed by atoms with Crippen molar-refractivity contribution in [3.8, 4) is 17.7 Å².